The number of nitrogens with one attached hydrogen (secondary N) is 1. The van der Waals surface area contributed by atoms with E-state index in [1.807, 2.05) is 58.9 Å². The van der Waals surface area contributed by atoms with Crippen molar-refractivity contribution in [1.82, 2.24) is 5.32 Å². The summed E-state index contributed by atoms with van der Waals surface area (Å²) in [5, 5.41) is 3.09. The Balaban J connectivity index is 2.21. The van der Waals surface area contributed by atoms with Gasteiger partial charge in [-0.2, -0.15) is 0 Å². The Morgan fingerprint density at radius 3 is 2.19 bits per heavy atom. The monoisotopic (exact) mass is 355 g/mol. The summed E-state index contributed by atoms with van der Waals surface area (Å²) in [6.07, 6.45) is 0. The highest BCUT2D eigenvalue weighted by Crippen LogP contribution is 2.31. The molecule has 0 unspecified atom stereocenters. The maximum absolute atomic E-state index is 12.7. The quantitative estimate of drug-likeness (QED) is 0.768. The van der Waals surface area contributed by atoms with E-state index < -0.39 is 0 Å². The van der Waals surface area contributed by atoms with Crippen LogP contribution in [-0.2, 0) is 0 Å². The normalized spacial score (nSPS) is 11.8. The van der Waals surface area contributed by atoms with Gasteiger partial charge in [-0.15, -0.1) is 0 Å². The maximum atomic E-state index is 12.7. The number of rotatable bonds is 7. The molecule has 0 saturated carbocycles. The molecule has 0 spiro atoms. The molecular weight excluding hydrogens is 326 g/mol. The van der Waals surface area contributed by atoms with E-state index >= 15 is 0 Å². The second-order valence-electron chi connectivity index (χ2n) is 6.52. The van der Waals surface area contributed by atoms with Gasteiger partial charge in [0.05, 0.1) is 19.3 Å². The lowest BCUT2D eigenvalue weighted by molar-refractivity contribution is 0.0939. The molecule has 0 aliphatic heterocycles. The topological polar surface area (TPSA) is 47.6 Å². The zero-order valence-electron chi connectivity index (χ0n) is 16.6. The molecule has 2 aromatic carbocycles. The minimum absolute atomic E-state index is 0.0649. The van der Waals surface area contributed by atoms with E-state index in [9.17, 15) is 4.79 Å². The summed E-state index contributed by atoms with van der Waals surface area (Å²) in [7, 11) is 0. The first-order valence-corrected chi connectivity index (χ1v) is 9.15. The molecule has 0 aromatic heterocycles. The fraction of sp³-hybridized carbons (Fsp3) is 0.409. The molecule has 0 aliphatic rings. The number of hydrogen-bond donors (Lipinski definition) is 1. The molecule has 1 N–H and O–H groups in total. The van der Waals surface area contributed by atoms with Crippen LogP contribution in [0, 0.1) is 20.8 Å². The summed E-state index contributed by atoms with van der Waals surface area (Å²) in [5.41, 5.74) is 5.00. The van der Waals surface area contributed by atoms with Gasteiger partial charge in [-0.3, -0.25) is 4.79 Å². The van der Waals surface area contributed by atoms with E-state index in [2.05, 4.69) is 18.3 Å². The molecule has 140 valence electrons. The van der Waals surface area contributed by atoms with Crippen molar-refractivity contribution >= 4 is 5.91 Å². The highest BCUT2D eigenvalue weighted by molar-refractivity contribution is 5.96. The minimum atomic E-state index is -0.140. The first-order chi connectivity index (χ1) is 12.4. The number of hydrogen-bond acceptors (Lipinski definition) is 3. The Morgan fingerprint density at radius 1 is 0.923 bits per heavy atom. The highest BCUT2D eigenvalue weighted by atomic mass is 16.5. The van der Waals surface area contributed by atoms with E-state index in [0.29, 0.717) is 19.0 Å². The molecule has 4 heteroatoms. The molecule has 4 nitrogen and oxygen atoms in total. The minimum Gasteiger partial charge on any atom is -0.490 e. The van der Waals surface area contributed by atoms with Crippen LogP contribution >= 0.6 is 0 Å². The van der Waals surface area contributed by atoms with E-state index in [1.54, 1.807) is 0 Å². The maximum Gasteiger partial charge on any atom is 0.252 e. The van der Waals surface area contributed by atoms with Crippen molar-refractivity contribution in [2.24, 2.45) is 0 Å². The summed E-state index contributed by atoms with van der Waals surface area (Å²) in [4.78, 5) is 12.7. The van der Waals surface area contributed by atoms with Crippen LogP contribution in [0.2, 0.25) is 0 Å². The van der Waals surface area contributed by atoms with E-state index in [4.69, 9.17) is 9.47 Å². The first kappa shape index (κ1) is 19.8. The van der Waals surface area contributed by atoms with Gasteiger partial charge in [-0.05, 0) is 82.0 Å². The number of carbonyl (C=O) groups is 1. The predicted octanol–water partition coefficient (Wildman–Crippen LogP) is 4.90. The number of carbonyl (C=O) groups excluding carboxylic acids is 1. The smallest absolute Gasteiger partial charge is 0.252 e. The van der Waals surface area contributed by atoms with Crippen LogP contribution in [0.25, 0.3) is 0 Å². The molecule has 0 radical (unpaired) electrons. The van der Waals surface area contributed by atoms with E-state index in [-0.39, 0.29) is 11.9 Å². The van der Waals surface area contributed by atoms with Crippen LogP contribution in [0.3, 0.4) is 0 Å². The Bertz CT molecular complexity index is 783. The SMILES string of the molecule is CCOc1ccc([C@H](C)NC(=O)c2cc(C)c(C)cc2C)cc1OCC. The summed E-state index contributed by atoms with van der Waals surface area (Å²) >= 11 is 0. The van der Waals surface area contributed by atoms with Crippen molar-refractivity contribution in [2.75, 3.05) is 13.2 Å². The average Bonchev–Trinajstić information content (AvgIpc) is 2.59. The van der Waals surface area contributed by atoms with Gasteiger partial charge in [0.1, 0.15) is 0 Å². The van der Waals surface area contributed by atoms with E-state index in [1.165, 1.54) is 5.56 Å². The summed E-state index contributed by atoms with van der Waals surface area (Å²) in [6, 6.07) is 9.67. The second kappa shape index (κ2) is 8.75. The van der Waals surface area contributed by atoms with Gasteiger partial charge >= 0.3 is 0 Å². The third-order valence-corrected chi connectivity index (χ3v) is 4.50. The lowest BCUT2D eigenvalue weighted by atomic mass is 9.99. The van der Waals surface area contributed by atoms with Crippen LogP contribution in [0.5, 0.6) is 11.5 Å². The van der Waals surface area contributed by atoms with Crippen molar-refractivity contribution in [2.45, 2.75) is 47.6 Å². The first-order valence-electron chi connectivity index (χ1n) is 9.15. The summed E-state index contributed by atoms with van der Waals surface area (Å²) in [6.45, 7) is 13.0. The third kappa shape index (κ3) is 4.57. The summed E-state index contributed by atoms with van der Waals surface area (Å²) < 4.78 is 11.3. The van der Waals surface area contributed by atoms with Crippen LogP contribution in [0.4, 0.5) is 0 Å². The van der Waals surface area contributed by atoms with Gasteiger partial charge in [0, 0.05) is 5.56 Å². The van der Waals surface area contributed by atoms with Gasteiger partial charge < -0.3 is 14.8 Å². The lowest BCUT2D eigenvalue weighted by Gasteiger charge is -2.18. The molecule has 0 aliphatic carbocycles. The molecular formula is C22H29NO3. The Labute approximate surface area is 156 Å². The molecule has 0 fully saturated rings. The average molecular weight is 355 g/mol. The van der Waals surface area contributed by atoms with Crippen molar-refractivity contribution in [3.8, 4) is 11.5 Å². The zero-order chi connectivity index (χ0) is 19.3. The van der Waals surface area contributed by atoms with E-state index in [0.717, 1.165) is 28.0 Å². The Hall–Kier alpha value is -2.49. The fourth-order valence-corrected chi connectivity index (χ4v) is 2.90. The molecule has 2 aromatic rings. The highest BCUT2D eigenvalue weighted by Gasteiger charge is 2.16. The molecule has 2 rings (SSSR count). The van der Waals surface area contributed by atoms with Crippen molar-refractivity contribution < 1.29 is 14.3 Å². The Kier molecular flexibility index (Phi) is 6.67. The molecule has 1 atom stereocenters. The molecule has 26 heavy (non-hydrogen) atoms. The summed E-state index contributed by atoms with van der Waals surface area (Å²) in [5.74, 6) is 1.36. The third-order valence-electron chi connectivity index (χ3n) is 4.50. The van der Waals surface area contributed by atoms with Crippen molar-refractivity contribution in [1.29, 1.82) is 0 Å². The van der Waals surface area contributed by atoms with Crippen LogP contribution in [0.15, 0.2) is 30.3 Å². The van der Waals surface area contributed by atoms with Crippen molar-refractivity contribution in [3.05, 3.63) is 58.1 Å². The van der Waals surface area contributed by atoms with Crippen molar-refractivity contribution in [3.63, 3.8) is 0 Å². The number of benzene rings is 2. The Morgan fingerprint density at radius 2 is 1.54 bits per heavy atom. The van der Waals surface area contributed by atoms with Gasteiger partial charge in [0.2, 0.25) is 0 Å². The van der Waals surface area contributed by atoms with Crippen LogP contribution in [0.1, 0.15) is 59.4 Å². The van der Waals surface area contributed by atoms with Gasteiger partial charge in [0.25, 0.3) is 5.91 Å². The largest absolute Gasteiger partial charge is 0.490 e. The van der Waals surface area contributed by atoms with Gasteiger partial charge in [-0.1, -0.05) is 12.1 Å². The number of amides is 1. The molecule has 0 bridgehead atoms. The molecule has 0 heterocycles. The van der Waals surface area contributed by atoms with Gasteiger partial charge in [0.15, 0.2) is 11.5 Å². The molecule has 1 amide bonds. The number of aryl methyl sites for hydroxylation is 3. The van der Waals surface area contributed by atoms with Crippen LogP contribution in [-0.4, -0.2) is 19.1 Å². The van der Waals surface area contributed by atoms with Gasteiger partial charge in [-0.25, -0.2) is 0 Å². The standard InChI is InChI=1S/C22H29NO3/c1-7-25-20-10-9-18(13-21(20)26-8-2)17(6)23-22(24)19-12-15(4)14(3)11-16(19)5/h9-13,17H,7-8H2,1-6H3,(H,23,24)/t17-/m0/s1. The zero-order valence-corrected chi connectivity index (χ0v) is 16.6. The molecule has 0 saturated heterocycles. The lowest BCUT2D eigenvalue weighted by Crippen LogP contribution is -2.27. The fourth-order valence-electron chi connectivity index (χ4n) is 2.90. The van der Waals surface area contributed by atoms with Crippen LogP contribution < -0.4 is 14.8 Å². The predicted molar refractivity (Wildman–Crippen MR) is 105 cm³/mol. The number of ether oxygens (including phenoxy) is 2. The second-order valence-corrected chi connectivity index (χ2v) is 6.52.